The Morgan fingerprint density at radius 3 is 2.80 bits per heavy atom. The number of likely N-dealkylation sites (N-methyl/N-ethyl adjacent to an activating group) is 1. The lowest BCUT2D eigenvalue weighted by molar-refractivity contribution is -0.116. The Hall–Kier alpha value is -2.80. The molecule has 30 heavy (non-hydrogen) atoms. The Morgan fingerprint density at radius 2 is 2.07 bits per heavy atom. The smallest absolute Gasteiger partial charge is 0.273 e. The van der Waals surface area contributed by atoms with E-state index in [1.54, 1.807) is 18.6 Å². The molecule has 7 heteroatoms. The van der Waals surface area contributed by atoms with E-state index in [9.17, 15) is 4.79 Å². The van der Waals surface area contributed by atoms with Crippen LogP contribution < -0.4 is 10.7 Å². The molecule has 0 spiro atoms. The number of nitrogens with zero attached hydrogens (tertiary/aromatic N) is 3. The van der Waals surface area contributed by atoms with Crippen molar-refractivity contribution in [1.29, 1.82) is 0 Å². The second-order valence-corrected chi connectivity index (χ2v) is 8.04. The fourth-order valence-electron chi connectivity index (χ4n) is 4.62. The van der Waals surface area contributed by atoms with Crippen molar-refractivity contribution in [2.24, 2.45) is 5.10 Å². The number of aromatic nitrogens is 3. The van der Waals surface area contributed by atoms with Crippen LogP contribution in [0.5, 0.6) is 0 Å². The van der Waals surface area contributed by atoms with Crippen LogP contribution >= 0.6 is 0 Å². The molecule has 1 saturated carbocycles. The zero-order valence-electron chi connectivity index (χ0n) is 17.8. The predicted molar refractivity (Wildman–Crippen MR) is 118 cm³/mol. The third-order valence-corrected chi connectivity index (χ3v) is 6.07. The fourth-order valence-corrected chi connectivity index (χ4v) is 4.62. The molecule has 0 aromatic carbocycles. The maximum atomic E-state index is 12.6. The van der Waals surface area contributed by atoms with Crippen molar-refractivity contribution in [3.05, 3.63) is 52.4 Å². The summed E-state index contributed by atoms with van der Waals surface area (Å²) in [5.74, 6) is 0.334. The number of hydrogen-bond acceptors (Lipinski definition) is 5. The largest absolute Gasteiger partial charge is 0.359 e. The third kappa shape index (κ3) is 4.21. The zero-order valence-corrected chi connectivity index (χ0v) is 17.8. The van der Waals surface area contributed by atoms with Crippen LogP contribution in [0, 0.1) is 6.92 Å². The number of carbonyl (C=O) groups excluding carboxylic acids is 1. The predicted octanol–water partition coefficient (Wildman–Crippen LogP) is 3.23. The fraction of sp³-hybridized carbons (Fsp3) is 0.478. The van der Waals surface area contributed by atoms with Crippen LogP contribution in [0.4, 0.5) is 0 Å². The normalized spacial score (nSPS) is 18.7. The van der Waals surface area contributed by atoms with Gasteiger partial charge in [-0.2, -0.15) is 5.10 Å². The first kappa shape index (κ1) is 20.5. The summed E-state index contributed by atoms with van der Waals surface area (Å²) in [5, 5.41) is 7.66. The first-order valence-corrected chi connectivity index (χ1v) is 11.0. The molecule has 2 aromatic rings. The summed E-state index contributed by atoms with van der Waals surface area (Å²) in [6.45, 7) is 6.20. The Balaban J connectivity index is 1.74. The Kier molecular flexibility index (Phi) is 6.38. The molecule has 1 aliphatic heterocycles. The molecule has 4 rings (SSSR count). The Bertz CT molecular complexity index is 954. The van der Waals surface area contributed by atoms with Gasteiger partial charge in [-0.25, -0.2) is 5.43 Å². The number of rotatable bonds is 7. The summed E-state index contributed by atoms with van der Waals surface area (Å²) >= 11 is 0. The van der Waals surface area contributed by atoms with Gasteiger partial charge < -0.3 is 10.3 Å². The van der Waals surface area contributed by atoms with Crippen molar-refractivity contribution < 1.29 is 4.79 Å². The van der Waals surface area contributed by atoms with Crippen molar-refractivity contribution in [1.82, 2.24) is 25.7 Å². The molecule has 1 aliphatic carbocycles. The first-order chi connectivity index (χ1) is 14.7. The van der Waals surface area contributed by atoms with E-state index in [1.165, 1.54) is 48.9 Å². The van der Waals surface area contributed by atoms with E-state index in [0.717, 1.165) is 25.2 Å². The van der Waals surface area contributed by atoms with Crippen LogP contribution in [-0.4, -0.2) is 39.7 Å². The monoisotopic (exact) mass is 406 g/mol. The first-order valence-electron chi connectivity index (χ1n) is 11.0. The highest BCUT2D eigenvalue weighted by atomic mass is 16.2. The molecule has 0 saturated heterocycles. The van der Waals surface area contributed by atoms with Crippen molar-refractivity contribution >= 4 is 17.7 Å². The molecular formula is C23H30N6O. The van der Waals surface area contributed by atoms with Crippen molar-refractivity contribution in [2.45, 2.75) is 58.3 Å². The van der Waals surface area contributed by atoms with Gasteiger partial charge in [-0.1, -0.05) is 26.2 Å². The molecule has 2 aliphatic rings. The van der Waals surface area contributed by atoms with Gasteiger partial charge in [0.05, 0.1) is 11.8 Å². The third-order valence-electron chi connectivity index (χ3n) is 6.07. The average molecular weight is 407 g/mol. The number of H-pyrrole nitrogens is 1. The molecule has 0 unspecified atom stereocenters. The van der Waals surface area contributed by atoms with Gasteiger partial charge in [-0.3, -0.25) is 14.8 Å². The number of nitrogens with one attached hydrogen (secondary N) is 3. The minimum atomic E-state index is -0.202. The SMILES string of the molecule is CCNCCc1c(C)[nH]c(/C=C2/C(=O)NN=C2c2cnccn2)c1C1CCCCC1. The lowest BCUT2D eigenvalue weighted by Crippen LogP contribution is -2.18. The van der Waals surface area contributed by atoms with Gasteiger partial charge in [0.15, 0.2) is 0 Å². The highest BCUT2D eigenvalue weighted by Crippen LogP contribution is 2.38. The molecule has 0 atom stereocenters. The summed E-state index contributed by atoms with van der Waals surface area (Å²) in [6.07, 6.45) is 14.1. The molecule has 7 nitrogen and oxygen atoms in total. The van der Waals surface area contributed by atoms with E-state index in [4.69, 9.17) is 0 Å². The maximum Gasteiger partial charge on any atom is 0.273 e. The number of carbonyl (C=O) groups is 1. The van der Waals surface area contributed by atoms with E-state index in [1.807, 2.05) is 6.08 Å². The summed E-state index contributed by atoms with van der Waals surface area (Å²) in [6, 6.07) is 0. The van der Waals surface area contributed by atoms with Crippen LogP contribution in [0.2, 0.25) is 0 Å². The van der Waals surface area contributed by atoms with E-state index < -0.39 is 0 Å². The van der Waals surface area contributed by atoms with E-state index in [2.05, 4.69) is 44.6 Å². The van der Waals surface area contributed by atoms with Crippen molar-refractivity contribution in [2.75, 3.05) is 13.1 Å². The summed E-state index contributed by atoms with van der Waals surface area (Å²) in [7, 11) is 0. The molecule has 2 aromatic heterocycles. The molecule has 3 heterocycles. The van der Waals surface area contributed by atoms with Gasteiger partial charge in [0.1, 0.15) is 11.4 Å². The van der Waals surface area contributed by atoms with E-state index in [-0.39, 0.29) is 5.91 Å². The van der Waals surface area contributed by atoms with Gasteiger partial charge in [0.25, 0.3) is 5.91 Å². The van der Waals surface area contributed by atoms with Gasteiger partial charge in [0, 0.05) is 23.8 Å². The van der Waals surface area contributed by atoms with E-state index >= 15 is 0 Å². The molecule has 0 radical (unpaired) electrons. The highest BCUT2D eigenvalue weighted by Gasteiger charge is 2.28. The summed E-state index contributed by atoms with van der Waals surface area (Å²) < 4.78 is 0. The van der Waals surface area contributed by atoms with Crippen LogP contribution in [0.15, 0.2) is 29.3 Å². The second kappa shape index (κ2) is 9.34. The van der Waals surface area contributed by atoms with Crippen LogP contribution in [-0.2, 0) is 11.2 Å². The van der Waals surface area contributed by atoms with Crippen LogP contribution in [0.3, 0.4) is 0 Å². The quantitative estimate of drug-likeness (QED) is 0.486. The standard InChI is InChI=1S/C23H30N6O/c1-3-24-10-9-17-15(2)27-19(21(17)16-7-5-4-6-8-16)13-18-22(28-29-23(18)30)20-14-25-11-12-26-20/h11-14,16,24,27H,3-10H2,1-2H3,(H,29,30)/b18-13+. The Labute approximate surface area is 177 Å². The second-order valence-electron chi connectivity index (χ2n) is 8.04. The topological polar surface area (TPSA) is 95.1 Å². The molecule has 3 N–H and O–H groups in total. The van der Waals surface area contributed by atoms with Gasteiger partial charge in [-0.15, -0.1) is 0 Å². The molecule has 1 fully saturated rings. The summed E-state index contributed by atoms with van der Waals surface area (Å²) in [4.78, 5) is 24.6. The zero-order chi connectivity index (χ0) is 20.9. The maximum absolute atomic E-state index is 12.6. The summed E-state index contributed by atoms with van der Waals surface area (Å²) in [5.41, 5.74) is 9.27. The lowest BCUT2D eigenvalue weighted by Gasteiger charge is -2.24. The number of aryl methyl sites for hydroxylation is 1. The average Bonchev–Trinajstić information content (AvgIpc) is 3.29. The van der Waals surface area contributed by atoms with Crippen molar-refractivity contribution in [3.63, 3.8) is 0 Å². The van der Waals surface area contributed by atoms with Crippen LogP contribution in [0.1, 0.15) is 73.2 Å². The highest BCUT2D eigenvalue weighted by molar-refractivity contribution is 6.32. The minimum Gasteiger partial charge on any atom is -0.359 e. The Morgan fingerprint density at radius 1 is 1.23 bits per heavy atom. The number of hydrogen-bond donors (Lipinski definition) is 3. The van der Waals surface area contributed by atoms with Gasteiger partial charge in [-0.05, 0) is 62.4 Å². The van der Waals surface area contributed by atoms with Gasteiger partial charge >= 0.3 is 0 Å². The number of amides is 1. The van der Waals surface area contributed by atoms with Crippen LogP contribution in [0.25, 0.3) is 6.08 Å². The lowest BCUT2D eigenvalue weighted by atomic mass is 9.81. The van der Waals surface area contributed by atoms with Crippen molar-refractivity contribution in [3.8, 4) is 0 Å². The minimum absolute atomic E-state index is 0.202. The molecule has 0 bridgehead atoms. The number of aromatic amines is 1. The van der Waals surface area contributed by atoms with E-state index in [0.29, 0.717) is 22.9 Å². The molecular weight excluding hydrogens is 376 g/mol. The number of hydrazone groups is 1. The van der Waals surface area contributed by atoms with Gasteiger partial charge in [0.2, 0.25) is 0 Å². The molecule has 1 amide bonds. The molecule has 158 valence electrons.